The monoisotopic (exact) mass is 299 g/mol. The lowest BCUT2D eigenvalue weighted by atomic mass is 10.0. The van der Waals surface area contributed by atoms with Crippen LogP contribution >= 0.6 is 0 Å². The minimum Gasteiger partial charge on any atom is -0.477 e. The molecule has 0 radical (unpaired) electrons. The lowest BCUT2D eigenvalue weighted by molar-refractivity contribution is 0.0693. The Bertz CT molecular complexity index is 812. The lowest BCUT2D eigenvalue weighted by Crippen LogP contribution is -2.25. The van der Waals surface area contributed by atoms with Gasteiger partial charge in [-0.3, -0.25) is 4.79 Å². The van der Waals surface area contributed by atoms with Gasteiger partial charge in [-0.1, -0.05) is 6.92 Å². The molecule has 1 N–H and O–H groups in total. The van der Waals surface area contributed by atoms with Crippen LogP contribution in [0.4, 0.5) is 13.2 Å². The van der Waals surface area contributed by atoms with Crippen LogP contribution in [-0.4, -0.2) is 15.6 Å². The molecule has 0 fully saturated rings. The van der Waals surface area contributed by atoms with Gasteiger partial charge in [0.1, 0.15) is 5.56 Å². The van der Waals surface area contributed by atoms with E-state index in [4.69, 9.17) is 0 Å². The van der Waals surface area contributed by atoms with Gasteiger partial charge in [0.25, 0.3) is 0 Å². The van der Waals surface area contributed by atoms with E-state index in [1.807, 2.05) is 0 Å². The summed E-state index contributed by atoms with van der Waals surface area (Å²) in [5, 5.41) is 8.69. The third-order valence-corrected chi connectivity index (χ3v) is 3.36. The molecule has 0 saturated heterocycles. The Labute approximate surface area is 117 Å². The molecule has 2 aromatic rings. The molecule has 1 heterocycles. The van der Waals surface area contributed by atoms with E-state index >= 15 is 0 Å². The summed E-state index contributed by atoms with van der Waals surface area (Å²) >= 11 is 0. The summed E-state index contributed by atoms with van der Waals surface area (Å²) in [4.78, 5) is 23.5. The first-order valence-corrected chi connectivity index (χ1v) is 6.31. The van der Waals surface area contributed by atoms with E-state index in [2.05, 4.69) is 0 Å². The van der Waals surface area contributed by atoms with Gasteiger partial charge in [-0.2, -0.15) is 0 Å². The van der Waals surface area contributed by atoms with Crippen molar-refractivity contribution in [2.45, 2.75) is 26.8 Å². The Balaban J connectivity index is 3.19. The number of hydrogen-bond donors (Lipinski definition) is 1. The number of rotatable bonds is 3. The molecule has 2 rings (SSSR count). The normalized spacial score (nSPS) is 11.1. The number of carboxylic acid groups (broad SMARTS) is 1. The minimum atomic E-state index is -1.69. The largest absolute Gasteiger partial charge is 0.477 e. The number of carboxylic acids is 1. The first-order valence-electron chi connectivity index (χ1n) is 6.31. The molecular weight excluding hydrogens is 287 g/mol. The number of nitrogens with zero attached hydrogens (tertiary/aromatic N) is 1. The third kappa shape index (κ3) is 2.09. The molecule has 0 saturated carbocycles. The van der Waals surface area contributed by atoms with Crippen molar-refractivity contribution in [2.24, 2.45) is 0 Å². The summed E-state index contributed by atoms with van der Waals surface area (Å²) in [7, 11) is 0. The van der Waals surface area contributed by atoms with Crippen LogP contribution in [0.5, 0.6) is 0 Å². The number of aryl methyl sites for hydroxylation is 1. The third-order valence-electron chi connectivity index (χ3n) is 3.36. The molecule has 0 bridgehead atoms. The van der Waals surface area contributed by atoms with Crippen LogP contribution in [0, 0.1) is 17.5 Å². The van der Waals surface area contributed by atoms with Crippen molar-refractivity contribution in [2.75, 3.05) is 0 Å². The fourth-order valence-electron chi connectivity index (χ4n) is 2.50. The standard InChI is InChI=1S/C14H12F3NO3/c1-3-8-9(14(20)21)13(19)6-5-7(15)10(16)11(17)12(6)18(8)4-2/h5H,3-4H2,1-2H3,(H,20,21). The molecule has 0 unspecified atom stereocenters. The number of carbonyl (C=O) groups is 1. The topological polar surface area (TPSA) is 59.3 Å². The molecule has 1 aromatic heterocycles. The molecule has 0 aliphatic heterocycles. The van der Waals surface area contributed by atoms with Gasteiger partial charge in [0.05, 0.1) is 10.9 Å². The average Bonchev–Trinajstić information content (AvgIpc) is 2.44. The first-order chi connectivity index (χ1) is 9.84. The van der Waals surface area contributed by atoms with Gasteiger partial charge in [0, 0.05) is 12.2 Å². The van der Waals surface area contributed by atoms with E-state index in [-0.39, 0.29) is 18.7 Å². The van der Waals surface area contributed by atoms with E-state index in [1.165, 1.54) is 4.57 Å². The predicted octanol–water partition coefficient (Wildman–Crippen LogP) is 2.70. The highest BCUT2D eigenvalue weighted by molar-refractivity contribution is 5.94. The summed E-state index contributed by atoms with van der Waals surface area (Å²) in [6.07, 6.45) is 0.138. The maximum atomic E-state index is 14.0. The highest BCUT2D eigenvalue weighted by Gasteiger charge is 2.25. The zero-order valence-electron chi connectivity index (χ0n) is 11.3. The SMILES string of the molecule is CCc1c(C(=O)O)c(=O)c2cc(F)c(F)c(F)c2n1CC. The summed E-state index contributed by atoms with van der Waals surface area (Å²) < 4.78 is 42.0. The van der Waals surface area contributed by atoms with Crippen LogP contribution in [0.3, 0.4) is 0 Å². The summed E-state index contributed by atoms with van der Waals surface area (Å²) in [5.41, 5.74) is -1.90. The molecule has 0 aliphatic carbocycles. The lowest BCUT2D eigenvalue weighted by Gasteiger charge is -2.17. The Hall–Kier alpha value is -2.31. The van der Waals surface area contributed by atoms with E-state index < -0.39 is 45.3 Å². The van der Waals surface area contributed by atoms with Crippen LogP contribution in [-0.2, 0) is 13.0 Å². The van der Waals surface area contributed by atoms with Crippen molar-refractivity contribution in [3.05, 3.63) is 45.0 Å². The quantitative estimate of drug-likeness (QED) is 0.886. The minimum absolute atomic E-state index is 0.0763. The molecule has 0 amide bonds. The van der Waals surface area contributed by atoms with E-state index in [0.717, 1.165) is 0 Å². The van der Waals surface area contributed by atoms with Crippen molar-refractivity contribution in [1.29, 1.82) is 0 Å². The molecule has 7 heteroatoms. The Morgan fingerprint density at radius 1 is 1.24 bits per heavy atom. The summed E-state index contributed by atoms with van der Waals surface area (Å²) in [6, 6.07) is 0.536. The number of fused-ring (bicyclic) bond motifs is 1. The van der Waals surface area contributed by atoms with E-state index in [1.54, 1.807) is 13.8 Å². The highest BCUT2D eigenvalue weighted by Crippen LogP contribution is 2.24. The Kier molecular flexibility index (Phi) is 3.76. The van der Waals surface area contributed by atoms with E-state index in [9.17, 15) is 27.9 Å². The van der Waals surface area contributed by atoms with Gasteiger partial charge >= 0.3 is 5.97 Å². The highest BCUT2D eigenvalue weighted by atomic mass is 19.2. The second kappa shape index (κ2) is 5.23. The first kappa shape index (κ1) is 15.1. The van der Waals surface area contributed by atoms with Crippen LogP contribution in [0.1, 0.15) is 29.9 Å². The maximum absolute atomic E-state index is 14.0. The summed E-state index contributed by atoms with van der Waals surface area (Å²) in [5.74, 6) is -6.18. The van der Waals surface area contributed by atoms with Crippen LogP contribution in [0.2, 0.25) is 0 Å². The van der Waals surface area contributed by atoms with Crippen molar-refractivity contribution >= 4 is 16.9 Å². The van der Waals surface area contributed by atoms with Crippen LogP contribution in [0.25, 0.3) is 10.9 Å². The van der Waals surface area contributed by atoms with Crippen molar-refractivity contribution in [1.82, 2.24) is 4.57 Å². The van der Waals surface area contributed by atoms with Gasteiger partial charge in [-0.15, -0.1) is 0 Å². The van der Waals surface area contributed by atoms with Gasteiger partial charge in [0.15, 0.2) is 17.5 Å². The molecule has 1 aromatic carbocycles. The number of hydrogen-bond acceptors (Lipinski definition) is 2. The number of aromatic nitrogens is 1. The zero-order valence-corrected chi connectivity index (χ0v) is 11.3. The molecule has 0 aliphatic rings. The van der Waals surface area contributed by atoms with Crippen LogP contribution < -0.4 is 5.43 Å². The zero-order chi connectivity index (χ0) is 15.9. The van der Waals surface area contributed by atoms with Crippen LogP contribution in [0.15, 0.2) is 10.9 Å². The predicted molar refractivity (Wildman–Crippen MR) is 70.1 cm³/mol. The molecule has 0 atom stereocenters. The molecular formula is C14H12F3NO3. The van der Waals surface area contributed by atoms with Crippen molar-refractivity contribution in [3.63, 3.8) is 0 Å². The fraction of sp³-hybridized carbons (Fsp3) is 0.286. The average molecular weight is 299 g/mol. The molecule has 112 valence electrons. The summed E-state index contributed by atoms with van der Waals surface area (Å²) in [6.45, 7) is 3.30. The molecule has 4 nitrogen and oxygen atoms in total. The Morgan fingerprint density at radius 3 is 2.33 bits per heavy atom. The van der Waals surface area contributed by atoms with Gasteiger partial charge in [-0.05, 0) is 19.4 Å². The maximum Gasteiger partial charge on any atom is 0.341 e. The van der Waals surface area contributed by atoms with Crippen molar-refractivity contribution in [3.8, 4) is 0 Å². The number of halogens is 3. The Morgan fingerprint density at radius 2 is 1.86 bits per heavy atom. The van der Waals surface area contributed by atoms with Gasteiger partial charge < -0.3 is 9.67 Å². The smallest absolute Gasteiger partial charge is 0.341 e. The van der Waals surface area contributed by atoms with Crippen molar-refractivity contribution < 1.29 is 23.1 Å². The second-order valence-corrected chi connectivity index (χ2v) is 4.44. The molecule has 21 heavy (non-hydrogen) atoms. The molecule has 0 spiro atoms. The fourth-order valence-corrected chi connectivity index (χ4v) is 2.50. The number of benzene rings is 1. The second-order valence-electron chi connectivity index (χ2n) is 4.44. The van der Waals surface area contributed by atoms with E-state index in [0.29, 0.717) is 6.07 Å². The van der Waals surface area contributed by atoms with Gasteiger partial charge in [-0.25, -0.2) is 18.0 Å². The number of aromatic carboxylic acids is 1. The number of pyridine rings is 1. The van der Waals surface area contributed by atoms with Gasteiger partial charge in [0.2, 0.25) is 5.43 Å².